The fraction of sp³-hybridized carbons (Fsp3) is 0.214. The number of rotatable bonds is 3. The van der Waals surface area contributed by atoms with Gasteiger partial charge in [-0.05, 0) is 19.1 Å². The molecule has 0 radical (unpaired) electrons. The second kappa shape index (κ2) is 5.51. The number of aromatic nitrogens is 1. The average molecular weight is 244 g/mol. The fourth-order valence-corrected chi connectivity index (χ4v) is 1.74. The first-order valence-electron chi connectivity index (χ1n) is 5.74. The predicted molar refractivity (Wildman–Crippen MR) is 69.8 cm³/mol. The first-order chi connectivity index (χ1) is 8.76. The van der Waals surface area contributed by atoms with E-state index < -0.39 is 0 Å². The zero-order valence-corrected chi connectivity index (χ0v) is 10.3. The summed E-state index contributed by atoms with van der Waals surface area (Å²) in [5, 5.41) is 0. The molecule has 0 aliphatic carbocycles. The smallest absolute Gasteiger partial charge is 0.158 e. The van der Waals surface area contributed by atoms with Crippen molar-refractivity contribution in [1.82, 2.24) is 4.98 Å². The van der Waals surface area contributed by atoms with Crippen molar-refractivity contribution in [2.45, 2.75) is 13.0 Å². The Bertz CT molecular complexity index is 506. The Morgan fingerprint density at radius 1 is 1.56 bits per heavy atom. The van der Waals surface area contributed by atoms with E-state index in [0.717, 1.165) is 5.56 Å². The molecule has 0 fully saturated rings. The van der Waals surface area contributed by atoms with Crippen molar-refractivity contribution in [3.8, 4) is 5.75 Å². The highest BCUT2D eigenvalue weighted by molar-refractivity contribution is 5.37. The highest BCUT2D eigenvalue weighted by atomic mass is 16.5. The number of fused-ring (bicyclic) bond motifs is 1. The van der Waals surface area contributed by atoms with Gasteiger partial charge in [0.2, 0.25) is 0 Å². The maximum absolute atomic E-state index is 5.87. The van der Waals surface area contributed by atoms with Crippen LogP contribution >= 0.6 is 0 Å². The molecule has 0 bridgehead atoms. The first kappa shape index (κ1) is 12.4. The molecule has 1 aromatic rings. The summed E-state index contributed by atoms with van der Waals surface area (Å²) >= 11 is 0. The van der Waals surface area contributed by atoms with Gasteiger partial charge in [0.25, 0.3) is 0 Å². The molecule has 4 heteroatoms. The maximum atomic E-state index is 5.87. The number of hydrogen-bond acceptors (Lipinski definition) is 4. The summed E-state index contributed by atoms with van der Waals surface area (Å²) in [6.45, 7) is 5.85. The molecule has 2 heterocycles. The number of hydrogen-bond donors (Lipinski definition) is 1. The van der Waals surface area contributed by atoms with Crippen LogP contribution < -0.4 is 10.5 Å². The maximum Gasteiger partial charge on any atom is 0.158 e. The summed E-state index contributed by atoms with van der Waals surface area (Å²) in [4.78, 5) is 4.05. The highest BCUT2D eigenvalue weighted by Crippen LogP contribution is 2.33. The Morgan fingerprint density at radius 3 is 3.11 bits per heavy atom. The fourth-order valence-electron chi connectivity index (χ4n) is 1.74. The first-order valence-corrected chi connectivity index (χ1v) is 5.74. The van der Waals surface area contributed by atoms with Crippen LogP contribution in [0.4, 0.5) is 0 Å². The minimum atomic E-state index is -0.232. The van der Waals surface area contributed by atoms with Gasteiger partial charge in [0.1, 0.15) is 11.9 Å². The molecule has 94 valence electrons. The van der Waals surface area contributed by atoms with Crippen LogP contribution in [0, 0.1) is 0 Å². The summed E-state index contributed by atoms with van der Waals surface area (Å²) in [6.07, 6.45) is 8.43. The van der Waals surface area contributed by atoms with E-state index >= 15 is 0 Å². The monoisotopic (exact) mass is 244 g/mol. The standard InChI is InChI=1S/C14H16N2O2/c1-3-4-5-12-10(2)17-14-9-16-7-6-11(14)13(8-15)18-12/h3-7,9,13H,1,8,15H2,2H3/b5-4-. The molecule has 2 N–H and O–H groups in total. The molecule has 0 aromatic carbocycles. The van der Waals surface area contributed by atoms with Crippen LogP contribution in [0.5, 0.6) is 5.75 Å². The molecule has 0 saturated carbocycles. The molecule has 0 spiro atoms. The number of nitrogens with two attached hydrogens (primary N) is 1. The van der Waals surface area contributed by atoms with Crippen LogP contribution in [0.25, 0.3) is 0 Å². The Kier molecular flexibility index (Phi) is 3.79. The minimum Gasteiger partial charge on any atom is -0.481 e. The third-order valence-corrected chi connectivity index (χ3v) is 2.64. The molecule has 0 amide bonds. The van der Waals surface area contributed by atoms with Gasteiger partial charge in [0.05, 0.1) is 6.20 Å². The van der Waals surface area contributed by atoms with Crippen LogP contribution in [0.2, 0.25) is 0 Å². The molecule has 2 rings (SSSR count). The Hall–Kier alpha value is -2.07. The molecule has 4 nitrogen and oxygen atoms in total. The van der Waals surface area contributed by atoms with Crippen molar-refractivity contribution in [3.63, 3.8) is 0 Å². The largest absolute Gasteiger partial charge is 0.481 e. The van der Waals surface area contributed by atoms with Gasteiger partial charge in [-0.15, -0.1) is 0 Å². The van der Waals surface area contributed by atoms with E-state index in [0.29, 0.717) is 23.8 Å². The molecule has 1 aliphatic heterocycles. The van der Waals surface area contributed by atoms with Gasteiger partial charge in [-0.2, -0.15) is 0 Å². The van der Waals surface area contributed by atoms with E-state index in [1.54, 1.807) is 24.5 Å². The van der Waals surface area contributed by atoms with Crippen molar-refractivity contribution in [2.24, 2.45) is 5.73 Å². The van der Waals surface area contributed by atoms with E-state index in [-0.39, 0.29) is 6.10 Å². The topological polar surface area (TPSA) is 57.4 Å². The van der Waals surface area contributed by atoms with Crippen molar-refractivity contribution >= 4 is 0 Å². The second-order valence-corrected chi connectivity index (χ2v) is 3.87. The van der Waals surface area contributed by atoms with Gasteiger partial charge in [-0.1, -0.05) is 18.7 Å². The van der Waals surface area contributed by atoms with Gasteiger partial charge >= 0.3 is 0 Å². The summed E-state index contributed by atoms with van der Waals surface area (Å²) in [7, 11) is 0. The van der Waals surface area contributed by atoms with Crippen molar-refractivity contribution < 1.29 is 9.47 Å². The van der Waals surface area contributed by atoms with Gasteiger partial charge in [-0.25, -0.2) is 0 Å². The zero-order valence-electron chi connectivity index (χ0n) is 10.3. The molecule has 1 aliphatic rings. The Labute approximate surface area is 106 Å². The number of allylic oxidation sites excluding steroid dienone is 4. The lowest BCUT2D eigenvalue weighted by Gasteiger charge is -2.16. The molecular formula is C14H16N2O2. The van der Waals surface area contributed by atoms with Crippen LogP contribution in [-0.2, 0) is 4.74 Å². The number of nitrogens with zero attached hydrogens (tertiary/aromatic N) is 1. The highest BCUT2D eigenvalue weighted by Gasteiger charge is 2.22. The van der Waals surface area contributed by atoms with Crippen molar-refractivity contribution in [3.05, 3.63) is 60.3 Å². The number of pyridine rings is 1. The van der Waals surface area contributed by atoms with Crippen molar-refractivity contribution in [2.75, 3.05) is 6.54 Å². The minimum absolute atomic E-state index is 0.232. The summed E-state index contributed by atoms with van der Waals surface area (Å²) in [5.41, 5.74) is 6.67. The summed E-state index contributed by atoms with van der Waals surface area (Å²) in [6, 6.07) is 1.86. The molecule has 0 saturated heterocycles. The number of ether oxygens (including phenoxy) is 2. The lowest BCUT2D eigenvalue weighted by Crippen LogP contribution is -2.14. The summed E-state index contributed by atoms with van der Waals surface area (Å²) in [5.74, 6) is 2.02. The molecular weight excluding hydrogens is 228 g/mol. The van der Waals surface area contributed by atoms with Crippen LogP contribution in [0.1, 0.15) is 18.6 Å². The lowest BCUT2D eigenvalue weighted by molar-refractivity contribution is 0.132. The van der Waals surface area contributed by atoms with E-state index in [1.165, 1.54) is 0 Å². The van der Waals surface area contributed by atoms with Gasteiger partial charge in [-0.3, -0.25) is 4.98 Å². The normalized spacial score (nSPS) is 18.9. The average Bonchev–Trinajstić information content (AvgIpc) is 2.53. The van der Waals surface area contributed by atoms with E-state index in [4.69, 9.17) is 15.2 Å². The predicted octanol–water partition coefficient (Wildman–Crippen LogP) is 2.46. The Morgan fingerprint density at radius 2 is 2.39 bits per heavy atom. The van der Waals surface area contributed by atoms with E-state index in [2.05, 4.69) is 11.6 Å². The Balaban J connectivity index is 2.41. The van der Waals surface area contributed by atoms with Gasteiger partial charge in [0, 0.05) is 18.3 Å². The van der Waals surface area contributed by atoms with Crippen molar-refractivity contribution in [1.29, 1.82) is 0 Å². The van der Waals surface area contributed by atoms with Crippen LogP contribution in [0.3, 0.4) is 0 Å². The second-order valence-electron chi connectivity index (χ2n) is 3.87. The third kappa shape index (κ3) is 2.43. The SMILES string of the molecule is C=C/C=C\C1=C(C)Oc2cnccc2C(CN)O1. The third-order valence-electron chi connectivity index (χ3n) is 2.64. The van der Waals surface area contributed by atoms with E-state index in [1.807, 2.05) is 19.1 Å². The van der Waals surface area contributed by atoms with Crippen LogP contribution in [0.15, 0.2) is 54.8 Å². The molecule has 1 aromatic heterocycles. The van der Waals surface area contributed by atoms with Crippen LogP contribution in [-0.4, -0.2) is 11.5 Å². The van der Waals surface area contributed by atoms with Gasteiger partial charge < -0.3 is 15.2 Å². The zero-order chi connectivity index (χ0) is 13.0. The quantitative estimate of drug-likeness (QED) is 0.830. The summed E-state index contributed by atoms with van der Waals surface area (Å²) < 4.78 is 11.6. The molecule has 1 unspecified atom stereocenters. The van der Waals surface area contributed by atoms with E-state index in [9.17, 15) is 0 Å². The lowest BCUT2D eigenvalue weighted by atomic mass is 10.1. The molecule has 18 heavy (non-hydrogen) atoms. The van der Waals surface area contributed by atoms with Gasteiger partial charge in [0.15, 0.2) is 11.5 Å². The molecule has 1 atom stereocenters.